The highest BCUT2D eigenvalue weighted by Gasteiger charge is 1.85. The molecule has 0 unspecified atom stereocenters. The summed E-state index contributed by atoms with van der Waals surface area (Å²) in [6.07, 6.45) is 7.46. The van der Waals surface area contributed by atoms with Gasteiger partial charge in [-0.2, -0.15) is 0 Å². The van der Waals surface area contributed by atoms with Crippen LogP contribution in [0.25, 0.3) is 0 Å². The molecule has 1 heteroatoms. The molecule has 0 saturated heterocycles. The molecule has 0 rings (SSSR count). The van der Waals surface area contributed by atoms with Crippen molar-refractivity contribution in [3.63, 3.8) is 0 Å². The first-order chi connectivity index (χ1) is 5.31. The first-order valence-corrected chi connectivity index (χ1v) is 4.30. The summed E-state index contributed by atoms with van der Waals surface area (Å²) < 4.78 is 0. The molecule has 11 heavy (non-hydrogen) atoms. The predicted octanol–water partition coefficient (Wildman–Crippen LogP) is 2.51. The zero-order valence-electron chi connectivity index (χ0n) is 7.85. The van der Waals surface area contributed by atoms with Crippen molar-refractivity contribution < 1.29 is 0 Å². The number of nitrogens with one attached hydrogen (secondary N) is 1. The van der Waals surface area contributed by atoms with Gasteiger partial charge in [-0.25, -0.2) is 0 Å². The molecule has 0 spiro atoms. The van der Waals surface area contributed by atoms with E-state index >= 15 is 0 Å². The van der Waals surface area contributed by atoms with E-state index in [9.17, 15) is 0 Å². The van der Waals surface area contributed by atoms with Gasteiger partial charge in [-0.3, -0.25) is 0 Å². The third kappa shape index (κ3) is 7.34. The van der Waals surface area contributed by atoms with Crippen molar-refractivity contribution in [2.75, 3.05) is 13.1 Å². The van der Waals surface area contributed by atoms with Crippen LogP contribution in [-0.2, 0) is 0 Å². The fraction of sp³-hybridized carbons (Fsp3) is 0.600. The van der Waals surface area contributed by atoms with Crippen LogP contribution in [0.4, 0.5) is 0 Å². The Kier molecular flexibility index (Phi) is 7.16. The van der Waals surface area contributed by atoms with Crippen molar-refractivity contribution in [3.05, 3.63) is 23.8 Å². The molecule has 0 aromatic heterocycles. The predicted molar refractivity (Wildman–Crippen MR) is 51.7 cm³/mol. The molecule has 0 bridgehead atoms. The maximum atomic E-state index is 3.34. The largest absolute Gasteiger partial charge is 0.313 e. The Bertz CT molecular complexity index is 134. The van der Waals surface area contributed by atoms with Gasteiger partial charge in [0.2, 0.25) is 0 Å². The van der Waals surface area contributed by atoms with Gasteiger partial charge in [0.15, 0.2) is 0 Å². The van der Waals surface area contributed by atoms with Gasteiger partial charge in [0.05, 0.1) is 0 Å². The van der Waals surface area contributed by atoms with E-state index in [-0.39, 0.29) is 0 Å². The third-order valence-corrected chi connectivity index (χ3v) is 1.40. The molecule has 0 heterocycles. The number of rotatable bonds is 5. The maximum absolute atomic E-state index is 3.34. The van der Waals surface area contributed by atoms with Crippen LogP contribution in [0, 0.1) is 0 Å². The maximum Gasteiger partial charge on any atom is 0.0164 e. The molecule has 0 saturated carbocycles. The molecule has 0 amide bonds. The van der Waals surface area contributed by atoms with Crippen molar-refractivity contribution in [3.8, 4) is 0 Å². The fourth-order valence-electron chi connectivity index (χ4n) is 0.782. The van der Waals surface area contributed by atoms with E-state index in [0.717, 1.165) is 13.1 Å². The third-order valence-electron chi connectivity index (χ3n) is 1.40. The molecular formula is C10H19N. The van der Waals surface area contributed by atoms with Gasteiger partial charge in [-0.05, 0) is 26.8 Å². The van der Waals surface area contributed by atoms with Gasteiger partial charge in [0.25, 0.3) is 0 Å². The van der Waals surface area contributed by atoms with E-state index in [4.69, 9.17) is 0 Å². The number of allylic oxidation sites excluding steroid dienone is 3. The molecule has 0 aromatic rings. The second-order valence-corrected chi connectivity index (χ2v) is 2.72. The van der Waals surface area contributed by atoms with Gasteiger partial charge in [-0.1, -0.05) is 30.7 Å². The van der Waals surface area contributed by atoms with Crippen molar-refractivity contribution in [2.24, 2.45) is 0 Å². The molecule has 0 aromatic carbocycles. The average molecular weight is 153 g/mol. The van der Waals surface area contributed by atoms with E-state index in [1.165, 1.54) is 12.0 Å². The van der Waals surface area contributed by atoms with Crippen LogP contribution in [0.1, 0.15) is 27.2 Å². The lowest BCUT2D eigenvalue weighted by molar-refractivity contribution is 0.714. The molecule has 0 atom stereocenters. The highest BCUT2D eigenvalue weighted by atomic mass is 14.8. The molecule has 0 aliphatic heterocycles. The Hall–Kier alpha value is -0.560. The topological polar surface area (TPSA) is 12.0 Å². The highest BCUT2D eigenvalue weighted by molar-refractivity contribution is 5.10. The van der Waals surface area contributed by atoms with Crippen LogP contribution in [0.3, 0.4) is 0 Å². The molecule has 1 N–H and O–H groups in total. The Morgan fingerprint density at radius 1 is 1.45 bits per heavy atom. The van der Waals surface area contributed by atoms with Gasteiger partial charge in [0.1, 0.15) is 0 Å². The average Bonchev–Trinajstić information content (AvgIpc) is 2.01. The highest BCUT2D eigenvalue weighted by Crippen LogP contribution is 1.90. The molecule has 0 fully saturated rings. The lowest BCUT2D eigenvalue weighted by Gasteiger charge is -2.00. The van der Waals surface area contributed by atoms with Gasteiger partial charge < -0.3 is 5.32 Å². The van der Waals surface area contributed by atoms with E-state index in [1.54, 1.807) is 0 Å². The van der Waals surface area contributed by atoms with Crippen LogP contribution in [0.5, 0.6) is 0 Å². The summed E-state index contributed by atoms with van der Waals surface area (Å²) >= 11 is 0. The Morgan fingerprint density at radius 2 is 2.18 bits per heavy atom. The smallest absolute Gasteiger partial charge is 0.0164 e. The summed E-state index contributed by atoms with van der Waals surface area (Å²) in [4.78, 5) is 0. The second-order valence-electron chi connectivity index (χ2n) is 2.72. The SMILES string of the molecule is C/C=C\C=C(/C)CNCCC. The second kappa shape index (κ2) is 7.55. The molecule has 1 nitrogen and oxygen atoms in total. The summed E-state index contributed by atoms with van der Waals surface area (Å²) in [6, 6.07) is 0. The zero-order valence-corrected chi connectivity index (χ0v) is 7.85. The van der Waals surface area contributed by atoms with Crippen molar-refractivity contribution in [1.29, 1.82) is 0 Å². The van der Waals surface area contributed by atoms with Crippen LogP contribution in [0.2, 0.25) is 0 Å². The Morgan fingerprint density at radius 3 is 2.73 bits per heavy atom. The fourth-order valence-corrected chi connectivity index (χ4v) is 0.782. The quantitative estimate of drug-likeness (QED) is 0.472. The minimum Gasteiger partial charge on any atom is -0.313 e. The molecule has 0 radical (unpaired) electrons. The minimum absolute atomic E-state index is 1.01. The molecule has 0 aliphatic rings. The van der Waals surface area contributed by atoms with Crippen molar-refractivity contribution in [1.82, 2.24) is 5.32 Å². The molecule has 64 valence electrons. The van der Waals surface area contributed by atoms with E-state index in [0.29, 0.717) is 0 Å². The summed E-state index contributed by atoms with van der Waals surface area (Å²) in [5.41, 5.74) is 1.39. The number of hydrogen-bond acceptors (Lipinski definition) is 1. The van der Waals surface area contributed by atoms with Crippen LogP contribution in [0.15, 0.2) is 23.8 Å². The van der Waals surface area contributed by atoms with E-state index in [1.807, 2.05) is 13.0 Å². The van der Waals surface area contributed by atoms with Gasteiger partial charge in [0, 0.05) is 6.54 Å². The Labute approximate surface area is 70.2 Å². The minimum atomic E-state index is 1.01. The first kappa shape index (κ1) is 10.4. The lowest BCUT2D eigenvalue weighted by atomic mass is 10.2. The normalized spacial score (nSPS) is 12.8. The zero-order chi connectivity index (χ0) is 8.53. The van der Waals surface area contributed by atoms with Crippen LogP contribution >= 0.6 is 0 Å². The number of hydrogen-bond donors (Lipinski definition) is 1. The summed E-state index contributed by atoms with van der Waals surface area (Å²) in [5.74, 6) is 0. The first-order valence-electron chi connectivity index (χ1n) is 4.30. The monoisotopic (exact) mass is 153 g/mol. The van der Waals surface area contributed by atoms with Crippen LogP contribution < -0.4 is 5.32 Å². The molecule has 0 aliphatic carbocycles. The van der Waals surface area contributed by atoms with Gasteiger partial charge >= 0.3 is 0 Å². The van der Waals surface area contributed by atoms with Crippen molar-refractivity contribution >= 4 is 0 Å². The molecular weight excluding hydrogens is 134 g/mol. The van der Waals surface area contributed by atoms with Crippen molar-refractivity contribution in [2.45, 2.75) is 27.2 Å². The Balaban J connectivity index is 3.42. The van der Waals surface area contributed by atoms with E-state index in [2.05, 4.69) is 31.3 Å². The van der Waals surface area contributed by atoms with Crippen LogP contribution in [-0.4, -0.2) is 13.1 Å². The summed E-state index contributed by atoms with van der Waals surface area (Å²) in [7, 11) is 0. The lowest BCUT2D eigenvalue weighted by Crippen LogP contribution is -2.16. The van der Waals surface area contributed by atoms with E-state index < -0.39 is 0 Å². The summed E-state index contributed by atoms with van der Waals surface area (Å²) in [6.45, 7) is 8.48. The summed E-state index contributed by atoms with van der Waals surface area (Å²) in [5, 5.41) is 3.34. The van der Waals surface area contributed by atoms with Gasteiger partial charge in [-0.15, -0.1) is 0 Å². The standard InChI is InChI=1S/C10H19N/c1-4-6-7-10(3)9-11-8-5-2/h4,6-7,11H,5,8-9H2,1-3H3/b6-4-,10-7+.